The van der Waals surface area contributed by atoms with Gasteiger partial charge < -0.3 is 10.5 Å². The van der Waals surface area contributed by atoms with Crippen LogP contribution in [0.1, 0.15) is 31.4 Å². The van der Waals surface area contributed by atoms with Gasteiger partial charge in [0, 0.05) is 17.1 Å². The summed E-state index contributed by atoms with van der Waals surface area (Å²) < 4.78 is 5.12. The Kier molecular flexibility index (Phi) is 3.86. The molecule has 2 N–H and O–H groups in total. The average molecular weight is 274 g/mol. The molecule has 0 radical (unpaired) electrons. The quantitative estimate of drug-likeness (QED) is 0.899. The molecule has 2 atom stereocenters. The third kappa shape index (κ3) is 2.70. The topological polar surface area (TPSA) is 35.2 Å². The van der Waals surface area contributed by atoms with Crippen LogP contribution in [-0.4, -0.2) is 7.11 Å². The summed E-state index contributed by atoms with van der Waals surface area (Å²) in [5, 5.41) is 1.19. The van der Waals surface area contributed by atoms with E-state index in [9.17, 15) is 0 Å². The molecule has 2 nitrogen and oxygen atoms in total. The standard InChI is InChI=1S/C13H17Cl2NO/c1-7(8-3-4-8)13(16)9-5-11(15)12(17-2)6-10(9)14/h5-8,13H,3-4,16H2,1-2H3. The molecule has 1 saturated carbocycles. The van der Waals surface area contributed by atoms with Gasteiger partial charge in [-0.05, 0) is 36.3 Å². The minimum absolute atomic E-state index is 0.0570. The van der Waals surface area contributed by atoms with Gasteiger partial charge in [0.1, 0.15) is 5.75 Å². The van der Waals surface area contributed by atoms with Gasteiger partial charge in [0.25, 0.3) is 0 Å². The van der Waals surface area contributed by atoms with Crippen LogP contribution in [0.4, 0.5) is 0 Å². The van der Waals surface area contributed by atoms with Crippen LogP contribution in [0.3, 0.4) is 0 Å². The van der Waals surface area contributed by atoms with Crippen molar-refractivity contribution in [2.24, 2.45) is 17.6 Å². The molecular formula is C13H17Cl2NO. The lowest BCUT2D eigenvalue weighted by Gasteiger charge is -2.21. The zero-order valence-electron chi connectivity index (χ0n) is 10.0. The van der Waals surface area contributed by atoms with Crippen LogP contribution < -0.4 is 10.5 Å². The third-order valence-corrected chi connectivity index (χ3v) is 4.18. The first-order valence-corrected chi connectivity index (χ1v) is 6.58. The van der Waals surface area contributed by atoms with Crippen LogP contribution >= 0.6 is 23.2 Å². The van der Waals surface area contributed by atoms with E-state index in [-0.39, 0.29) is 6.04 Å². The molecule has 1 fully saturated rings. The number of ether oxygens (including phenoxy) is 1. The van der Waals surface area contributed by atoms with E-state index in [1.165, 1.54) is 12.8 Å². The normalized spacial score (nSPS) is 18.9. The lowest BCUT2D eigenvalue weighted by atomic mass is 9.91. The van der Waals surface area contributed by atoms with Gasteiger partial charge in [0.15, 0.2) is 0 Å². The summed E-state index contributed by atoms with van der Waals surface area (Å²) in [5.41, 5.74) is 7.17. The number of hydrogen-bond acceptors (Lipinski definition) is 2. The Labute approximate surface area is 112 Å². The summed E-state index contributed by atoms with van der Waals surface area (Å²) >= 11 is 12.3. The maximum atomic E-state index is 6.26. The highest BCUT2D eigenvalue weighted by molar-refractivity contribution is 6.34. The lowest BCUT2D eigenvalue weighted by Crippen LogP contribution is -2.21. The molecule has 4 heteroatoms. The smallest absolute Gasteiger partial charge is 0.138 e. The molecule has 0 heterocycles. The lowest BCUT2D eigenvalue weighted by molar-refractivity contribution is 0.409. The Morgan fingerprint density at radius 3 is 2.47 bits per heavy atom. The van der Waals surface area contributed by atoms with Crippen molar-refractivity contribution in [2.45, 2.75) is 25.8 Å². The number of nitrogens with two attached hydrogens (primary N) is 1. The molecule has 1 aliphatic rings. The van der Waals surface area contributed by atoms with Crippen LogP contribution in [0.2, 0.25) is 10.0 Å². The van der Waals surface area contributed by atoms with E-state index in [1.807, 2.05) is 6.07 Å². The summed E-state index contributed by atoms with van der Waals surface area (Å²) in [4.78, 5) is 0. The predicted octanol–water partition coefficient (Wildman–Crippen LogP) is 4.05. The van der Waals surface area contributed by atoms with E-state index in [0.717, 1.165) is 11.5 Å². The van der Waals surface area contributed by atoms with Crippen LogP contribution in [0.15, 0.2) is 12.1 Å². The van der Waals surface area contributed by atoms with E-state index in [0.29, 0.717) is 21.7 Å². The highest BCUT2D eigenvalue weighted by Gasteiger charge is 2.33. The minimum Gasteiger partial charge on any atom is -0.495 e. The van der Waals surface area contributed by atoms with Gasteiger partial charge in [-0.25, -0.2) is 0 Å². The molecule has 0 amide bonds. The molecule has 0 bridgehead atoms. The predicted molar refractivity (Wildman–Crippen MR) is 71.8 cm³/mol. The van der Waals surface area contributed by atoms with Gasteiger partial charge in [-0.1, -0.05) is 30.1 Å². The first-order valence-electron chi connectivity index (χ1n) is 5.83. The van der Waals surface area contributed by atoms with Gasteiger partial charge in [-0.15, -0.1) is 0 Å². The summed E-state index contributed by atoms with van der Waals surface area (Å²) in [5.74, 6) is 1.77. The zero-order valence-corrected chi connectivity index (χ0v) is 11.6. The Morgan fingerprint density at radius 2 is 1.94 bits per heavy atom. The Balaban J connectivity index is 2.28. The fraction of sp³-hybridized carbons (Fsp3) is 0.538. The summed E-state index contributed by atoms with van der Waals surface area (Å²) in [6.45, 7) is 2.18. The van der Waals surface area contributed by atoms with E-state index >= 15 is 0 Å². The molecule has 0 aromatic heterocycles. The summed E-state index contributed by atoms with van der Waals surface area (Å²) in [6.07, 6.45) is 2.55. The highest BCUT2D eigenvalue weighted by Crippen LogP contribution is 2.44. The molecule has 0 spiro atoms. The van der Waals surface area contributed by atoms with Crippen molar-refractivity contribution in [2.75, 3.05) is 7.11 Å². The second-order valence-corrected chi connectivity index (χ2v) is 5.54. The first-order chi connectivity index (χ1) is 8.04. The minimum atomic E-state index is -0.0570. The third-order valence-electron chi connectivity index (χ3n) is 3.56. The molecule has 1 aromatic rings. The highest BCUT2D eigenvalue weighted by atomic mass is 35.5. The first kappa shape index (κ1) is 13.0. The van der Waals surface area contributed by atoms with Crippen molar-refractivity contribution in [1.82, 2.24) is 0 Å². The van der Waals surface area contributed by atoms with E-state index in [1.54, 1.807) is 13.2 Å². The average Bonchev–Trinajstić information content (AvgIpc) is 3.13. The fourth-order valence-corrected chi connectivity index (χ4v) is 2.68. The molecule has 94 valence electrons. The van der Waals surface area contributed by atoms with Crippen molar-refractivity contribution in [3.05, 3.63) is 27.7 Å². The van der Waals surface area contributed by atoms with E-state index in [4.69, 9.17) is 33.7 Å². The largest absolute Gasteiger partial charge is 0.495 e. The maximum Gasteiger partial charge on any atom is 0.138 e. The van der Waals surface area contributed by atoms with Crippen LogP contribution in [0.25, 0.3) is 0 Å². The van der Waals surface area contributed by atoms with Crippen LogP contribution in [-0.2, 0) is 0 Å². The maximum absolute atomic E-state index is 6.26. The molecule has 0 saturated heterocycles. The van der Waals surface area contributed by atoms with Crippen LogP contribution in [0.5, 0.6) is 5.75 Å². The molecular weight excluding hydrogens is 257 g/mol. The fourth-order valence-electron chi connectivity index (χ4n) is 2.15. The number of rotatable bonds is 4. The van der Waals surface area contributed by atoms with Gasteiger partial charge in [0.2, 0.25) is 0 Å². The Hall–Kier alpha value is -0.440. The van der Waals surface area contributed by atoms with Crippen molar-refractivity contribution in [1.29, 1.82) is 0 Å². The number of benzene rings is 1. The summed E-state index contributed by atoms with van der Waals surface area (Å²) in [7, 11) is 1.57. The van der Waals surface area contributed by atoms with Gasteiger partial charge in [-0.3, -0.25) is 0 Å². The monoisotopic (exact) mass is 273 g/mol. The summed E-state index contributed by atoms with van der Waals surface area (Å²) in [6, 6.07) is 3.50. The van der Waals surface area contributed by atoms with Gasteiger partial charge >= 0.3 is 0 Å². The molecule has 1 aromatic carbocycles. The van der Waals surface area contributed by atoms with Crippen molar-refractivity contribution in [3.63, 3.8) is 0 Å². The Bertz CT molecular complexity index is 418. The van der Waals surface area contributed by atoms with Crippen LogP contribution in [0, 0.1) is 11.8 Å². The molecule has 0 aliphatic heterocycles. The van der Waals surface area contributed by atoms with Crippen molar-refractivity contribution in [3.8, 4) is 5.75 Å². The van der Waals surface area contributed by atoms with Crippen molar-refractivity contribution < 1.29 is 4.74 Å². The number of halogens is 2. The SMILES string of the molecule is COc1cc(Cl)c(C(N)C(C)C2CC2)cc1Cl. The van der Waals surface area contributed by atoms with Gasteiger partial charge in [-0.2, -0.15) is 0 Å². The van der Waals surface area contributed by atoms with Crippen molar-refractivity contribution >= 4 is 23.2 Å². The zero-order chi connectivity index (χ0) is 12.6. The second kappa shape index (κ2) is 5.05. The number of methoxy groups -OCH3 is 1. The van der Waals surface area contributed by atoms with E-state index in [2.05, 4.69) is 6.92 Å². The molecule has 1 aliphatic carbocycles. The molecule has 2 rings (SSSR count). The van der Waals surface area contributed by atoms with E-state index < -0.39 is 0 Å². The second-order valence-electron chi connectivity index (χ2n) is 4.73. The van der Waals surface area contributed by atoms with Gasteiger partial charge in [0.05, 0.1) is 12.1 Å². The molecule has 2 unspecified atom stereocenters. The molecule has 17 heavy (non-hydrogen) atoms. The Morgan fingerprint density at radius 1 is 1.29 bits per heavy atom. The number of hydrogen-bond donors (Lipinski definition) is 1.